The molecule has 0 fully saturated rings. The highest BCUT2D eigenvalue weighted by Gasteiger charge is 2.24. The number of halogens is 4. The zero-order valence-electron chi connectivity index (χ0n) is 9.57. The first-order chi connectivity index (χ1) is 9.31. The predicted molar refractivity (Wildman–Crippen MR) is 61.3 cm³/mol. The van der Waals surface area contributed by atoms with Gasteiger partial charge in [0, 0.05) is 0 Å². The standard InChI is InChI=1S/C11H6F4N2O2S/c12-6-4-5-7(11(15)10(6)14)20(18,19)17-9-3-1-2-8(13)16-9/h1-5H,(H,16,17). The smallest absolute Gasteiger partial charge is 0.263 e. The molecule has 0 aliphatic rings. The van der Waals surface area contributed by atoms with E-state index in [0.717, 1.165) is 12.1 Å². The van der Waals surface area contributed by atoms with Crippen molar-refractivity contribution in [2.24, 2.45) is 0 Å². The summed E-state index contributed by atoms with van der Waals surface area (Å²) in [5, 5.41) is 0. The Morgan fingerprint density at radius 2 is 1.65 bits per heavy atom. The van der Waals surface area contributed by atoms with Crippen LogP contribution in [0.15, 0.2) is 35.2 Å². The van der Waals surface area contributed by atoms with Crippen LogP contribution in [0.1, 0.15) is 0 Å². The first kappa shape index (κ1) is 14.3. The molecule has 0 aliphatic heterocycles. The molecule has 1 aromatic carbocycles. The molecule has 0 spiro atoms. The molecule has 0 saturated heterocycles. The van der Waals surface area contributed by atoms with Gasteiger partial charge in [-0.2, -0.15) is 4.39 Å². The Balaban J connectivity index is 2.44. The van der Waals surface area contributed by atoms with Gasteiger partial charge in [-0.05, 0) is 24.3 Å². The van der Waals surface area contributed by atoms with E-state index in [9.17, 15) is 26.0 Å². The van der Waals surface area contributed by atoms with Crippen LogP contribution in [-0.2, 0) is 10.0 Å². The third-order valence-corrected chi connectivity index (χ3v) is 3.62. The van der Waals surface area contributed by atoms with E-state index in [2.05, 4.69) is 4.98 Å². The molecule has 0 aliphatic carbocycles. The van der Waals surface area contributed by atoms with E-state index in [1.807, 2.05) is 0 Å². The summed E-state index contributed by atoms with van der Waals surface area (Å²) in [7, 11) is -4.56. The summed E-state index contributed by atoms with van der Waals surface area (Å²) in [6.07, 6.45) is 0. The molecule has 0 atom stereocenters. The zero-order chi connectivity index (χ0) is 14.9. The summed E-state index contributed by atoms with van der Waals surface area (Å²) in [6, 6.07) is 4.26. The second-order valence-corrected chi connectivity index (χ2v) is 5.28. The van der Waals surface area contributed by atoms with E-state index < -0.39 is 44.1 Å². The number of pyridine rings is 1. The van der Waals surface area contributed by atoms with Gasteiger partial charge < -0.3 is 0 Å². The summed E-state index contributed by atoms with van der Waals surface area (Å²) in [5.74, 6) is -6.69. The van der Waals surface area contributed by atoms with Gasteiger partial charge in [-0.15, -0.1) is 0 Å². The molecule has 0 bridgehead atoms. The molecule has 106 valence electrons. The molecular formula is C11H6F4N2O2S. The van der Waals surface area contributed by atoms with E-state index >= 15 is 0 Å². The fraction of sp³-hybridized carbons (Fsp3) is 0. The molecule has 0 amide bonds. The highest BCUT2D eigenvalue weighted by molar-refractivity contribution is 7.92. The SMILES string of the molecule is O=S(=O)(Nc1cccc(F)n1)c1ccc(F)c(F)c1F. The average molecular weight is 306 g/mol. The molecule has 0 radical (unpaired) electrons. The number of hydrogen-bond donors (Lipinski definition) is 1. The van der Waals surface area contributed by atoms with Gasteiger partial charge in [-0.1, -0.05) is 6.07 Å². The number of anilines is 1. The van der Waals surface area contributed by atoms with Crippen LogP contribution in [0.2, 0.25) is 0 Å². The minimum Gasteiger partial charge on any atom is -0.263 e. The molecule has 20 heavy (non-hydrogen) atoms. The van der Waals surface area contributed by atoms with Crippen molar-refractivity contribution in [3.05, 3.63) is 53.7 Å². The van der Waals surface area contributed by atoms with Crippen molar-refractivity contribution in [3.8, 4) is 0 Å². The van der Waals surface area contributed by atoms with Crippen molar-refractivity contribution < 1.29 is 26.0 Å². The zero-order valence-corrected chi connectivity index (χ0v) is 10.4. The van der Waals surface area contributed by atoms with E-state index in [1.165, 1.54) is 6.07 Å². The first-order valence-electron chi connectivity index (χ1n) is 5.10. The number of hydrogen-bond acceptors (Lipinski definition) is 3. The van der Waals surface area contributed by atoms with E-state index in [0.29, 0.717) is 12.1 Å². The summed E-state index contributed by atoms with van der Waals surface area (Å²) >= 11 is 0. The Morgan fingerprint density at radius 3 is 2.30 bits per heavy atom. The normalized spacial score (nSPS) is 11.4. The second-order valence-electron chi connectivity index (χ2n) is 3.62. The van der Waals surface area contributed by atoms with Crippen LogP contribution in [-0.4, -0.2) is 13.4 Å². The van der Waals surface area contributed by atoms with Crippen molar-refractivity contribution in [2.75, 3.05) is 4.72 Å². The van der Waals surface area contributed by atoms with Crippen molar-refractivity contribution >= 4 is 15.8 Å². The highest BCUT2D eigenvalue weighted by atomic mass is 32.2. The van der Waals surface area contributed by atoms with Crippen molar-refractivity contribution in [2.45, 2.75) is 4.90 Å². The van der Waals surface area contributed by atoms with Gasteiger partial charge in [0.25, 0.3) is 10.0 Å². The van der Waals surface area contributed by atoms with E-state index in [-0.39, 0.29) is 0 Å². The van der Waals surface area contributed by atoms with Gasteiger partial charge in [0.2, 0.25) is 5.95 Å². The van der Waals surface area contributed by atoms with Crippen molar-refractivity contribution in [1.29, 1.82) is 0 Å². The van der Waals surface area contributed by atoms with Crippen LogP contribution < -0.4 is 4.72 Å². The average Bonchev–Trinajstić information content (AvgIpc) is 2.35. The highest BCUT2D eigenvalue weighted by Crippen LogP contribution is 2.21. The van der Waals surface area contributed by atoms with Crippen LogP contribution in [0.5, 0.6) is 0 Å². The fourth-order valence-electron chi connectivity index (χ4n) is 1.37. The van der Waals surface area contributed by atoms with Gasteiger partial charge in [0.1, 0.15) is 10.7 Å². The Morgan fingerprint density at radius 1 is 0.950 bits per heavy atom. The molecule has 1 aromatic heterocycles. The number of benzene rings is 1. The fourth-order valence-corrected chi connectivity index (χ4v) is 2.45. The number of nitrogens with zero attached hydrogens (tertiary/aromatic N) is 1. The minimum absolute atomic E-state index is 0.422. The quantitative estimate of drug-likeness (QED) is 0.538. The topological polar surface area (TPSA) is 59.1 Å². The van der Waals surface area contributed by atoms with Crippen LogP contribution >= 0.6 is 0 Å². The Kier molecular flexibility index (Phi) is 3.62. The van der Waals surface area contributed by atoms with E-state index in [1.54, 1.807) is 4.72 Å². The summed E-state index contributed by atoms with van der Waals surface area (Å²) in [5.41, 5.74) is 0. The van der Waals surface area contributed by atoms with E-state index in [4.69, 9.17) is 0 Å². The summed E-state index contributed by atoms with van der Waals surface area (Å²) in [6.45, 7) is 0. The van der Waals surface area contributed by atoms with Gasteiger partial charge in [-0.25, -0.2) is 26.6 Å². The lowest BCUT2D eigenvalue weighted by atomic mass is 10.3. The molecule has 0 saturated carbocycles. The van der Waals surface area contributed by atoms with Crippen molar-refractivity contribution in [3.63, 3.8) is 0 Å². The minimum atomic E-state index is -4.56. The number of sulfonamides is 1. The largest absolute Gasteiger partial charge is 0.266 e. The molecule has 2 aromatic rings. The van der Waals surface area contributed by atoms with Gasteiger partial charge in [0.15, 0.2) is 17.5 Å². The first-order valence-corrected chi connectivity index (χ1v) is 6.58. The number of aromatic nitrogens is 1. The van der Waals surface area contributed by atoms with Gasteiger partial charge in [0.05, 0.1) is 0 Å². The summed E-state index contributed by atoms with van der Waals surface area (Å²) < 4.78 is 77.3. The molecule has 1 N–H and O–H groups in total. The van der Waals surface area contributed by atoms with Gasteiger partial charge >= 0.3 is 0 Å². The Bertz CT molecular complexity index is 765. The lowest BCUT2D eigenvalue weighted by Crippen LogP contribution is -2.16. The van der Waals surface area contributed by atoms with Crippen LogP contribution in [0.25, 0.3) is 0 Å². The molecule has 9 heteroatoms. The lowest BCUT2D eigenvalue weighted by Gasteiger charge is -2.08. The monoisotopic (exact) mass is 306 g/mol. The Labute approximate surface area is 111 Å². The Hall–Kier alpha value is -2.16. The summed E-state index contributed by atoms with van der Waals surface area (Å²) in [4.78, 5) is 2.10. The number of rotatable bonds is 3. The van der Waals surface area contributed by atoms with Crippen LogP contribution in [0.4, 0.5) is 23.4 Å². The molecule has 2 rings (SSSR count). The van der Waals surface area contributed by atoms with Crippen LogP contribution in [0, 0.1) is 23.4 Å². The third-order valence-electron chi connectivity index (χ3n) is 2.24. The maximum absolute atomic E-state index is 13.4. The van der Waals surface area contributed by atoms with Crippen molar-refractivity contribution in [1.82, 2.24) is 4.98 Å². The molecule has 1 heterocycles. The third kappa shape index (κ3) is 2.72. The van der Waals surface area contributed by atoms with Gasteiger partial charge in [-0.3, -0.25) is 4.72 Å². The lowest BCUT2D eigenvalue weighted by molar-refractivity contribution is 0.432. The van der Waals surface area contributed by atoms with Crippen LogP contribution in [0.3, 0.4) is 0 Å². The predicted octanol–water partition coefficient (Wildman–Crippen LogP) is 2.44. The molecule has 4 nitrogen and oxygen atoms in total. The number of nitrogens with one attached hydrogen (secondary N) is 1. The maximum Gasteiger partial charge on any atom is 0.266 e. The second kappa shape index (κ2) is 5.08. The maximum atomic E-state index is 13.4. The molecule has 0 unspecified atom stereocenters. The molecular weight excluding hydrogens is 300 g/mol.